The van der Waals surface area contributed by atoms with Crippen LogP contribution in [0.1, 0.15) is 22.8 Å². The number of rotatable bonds is 7. The zero-order chi connectivity index (χ0) is 19.8. The molecule has 0 aromatic heterocycles. The highest BCUT2D eigenvalue weighted by atomic mass is 127. The summed E-state index contributed by atoms with van der Waals surface area (Å²) in [5, 5.41) is 6.64. The minimum atomic E-state index is -0.367. The maximum absolute atomic E-state index is 12.2. The number of carbonyl (C=O) groups is 2. The Hall–Kier alpha value is -1.95. The van der Waals surface area contributed by atoms with Crippen LogP contribution in [-0.2, 0) is 4.79 Å². The molecule has 27 heavy (non-hydrogen) atoms. The lowest BCUT2D eigenvalue weighted by molar-refractivity contribution is -0.114. The Morgan fingerprint density at radius 1 is 1.22 bits per heavy atom. The van der Waals surface area contributed by atoms with Gasteiger partial charge >= 0.3 is 0 Å². The van der Waals surface area contributed by atoms with Crippen LogP contribution in [0.25, 0.3) is 0 Å². The number of amides is 2. The van der Waals surface area contributed by atoms with Gasteiger partial charge in [-0.1, -0.05) is 18.7 Å². The van der Waals surface area contributed by atoms with Crippen LogP contribution >= 0.6 is 45.2 Å². The average Bonchev–Trinajstić information content (AvgIpc) is 2.60. The first-order valence-corrected chi connectivity index (χ1v) is 10.00. The van der Waals surface area contributed by atoms with E-state index in [4.69, 9.17) is 4.74 Å². The highest BCUT2D eigenvalue weighted by Gasteiger charge is 2.08. The molecular formula is C19H17I2N3O3. The molecule has 0 aliphatic carbocycles. The number of nitrogens with one attached hydrogen (secondary N) is 2. The normalized spacial score (nSPS) is 10.5. The molecule has 0 atom stereocenters. The van der Waals surface area contributed by atoms with Gasteiger partial charge in [-0.05, 0) is 81.1 Å². The fourth-order valence-corrected chi connectivity index (χ4v) is 4.23. The third kappa shape index (κ3) is 6.61. The molecule has 0 radical (unpaired) electrons. The van der Waals surface area contributed by atoms with Gasteiger partial charge in [-0.25, -0.2) is 5.43 Å². The molecule has 2 amide bonds. The van der Waals surface area contributed by atoms with Gasteiger partial charge in [0, 0.05) is 18.2 Å². The molecule has 6 nitrogen and oxygen atoms in total. The molecule has 140 valence electrons. The second kappa shape index (κ2) is 10.4. The van der Waals surface area contributed by atoms with E-state index in [0.29, 0.717) is 17.9 Å². The lowest BCUT2D eigenvalue weighted by Crippen LogP contribution is -2.18. The van der Waals surface area contributed by atoms with Crippen molar-refractivity contribution in [3.05, 3.63) is 67.3 Å². The summed E-state index contributed by atoms with van der Waals surface area (Å²) in [4.78, 5) is 23.3. The number of ether oxygens (including phenoxy) is 1. The lowest BCUT2D eigenvalue weighted by atomic mass is 10.2. The first kappa shape index (κ1) is 21.4. The Balaban J connectivity index is 2.05. The van der Waals surface area contributed by atoms with Gasteiger partial charge in [-0.3, -0.25) is 9.59 Å². The zero-order valence-electron chi connectivity index (χ0n) is 14.5. The number of hydrogen-bond donors (Lipinski definition) is 2. The molecule has 0 fully saturated rings. The SMILES string of the molecule is C=CCOc1c(I)cc(/C=N\NC(=O)c2cccc(NC(C)=O)c2)cc1I. The van der Waals surface area contributed by atoms with Gasteiger partial charge in [0.1, 0.15) is 12.4 Å². The van der Waals surface area contributed by atoms with Gasteiger partial charge in [-0.15, -0.1) is 0 Å². The third-order valence-electron chi connectivity index (χ3n) is 3.19. The first-order valence-electron chi connectivity index (χ1n) is 7.84. The van der Waals surface area contributed by atoms with Crippen molar-refractivity contribution in [2.45, 2.75) is 6.92 Å². The summed E-state index contributed by atoms with van der Waals surface area (Å²) in [6.07, 6.45) is 3.26. The van der Waals surface area contributed by atoms with E-state index >= 15 is 0 Å². The Labute approximate surface area is 184 Å². The second-order valence-corrected chi connectivity index (χ2v) is 7.70. The van der Waals surface area contributed by atoms with Crippen molar-refractivity contribution in [2.24, 2.45) is 5.10 Å². The van der Waals surface area contributed by atoms with Gasteiger partial charge in [0.2, 0.25) is 5.91 Å². The predicted octanol–water partition coefficient (Wildman–Crippen LogP) is 4.18. The van der Waals surface area contributed by atoms with Crippen LogP contribution in [0.4, 0.5) is 5.69 Å². The van der Waals surface area contributed by atoms with Crippen molar-refractivity contribution >= 4 is 68.9 Å². The van der Waals surface area contributed by atoms with Crippen molar-refractivity contribution in [3.63, 3.8) is 0 Å². The van der Waals surface area contributed by atoms with Crippen molar-refractivity contribution < 1.29 is 14.3 Å². The van der Waals surface area contributed by atoms with Crippen LogP contribution < -0.4 is 15.5 Å². The monoisotopic (exact) mass is 589 g/mol. The second-order valence-electron chi connectivity index (χ2n) is 5.37. The molecule has 0 bridgehead atoms. The van der Waals surface area contributed by atoms with Crippen molar-refractivity contribution in [3.8, 4) is 5.75 Å². The topological polar surface area (TPSA) is 79.8 Å². The molecule has 0 saturated carbocycles. The van der Waals surface area contributed by atoms with E-state index < -0.39 is 0 Å². The summed E-state index contributed by atoms with van der Waals surface area (Å²) >= 11 is 4.38. The number of carbonyl (C=O) groups excluding carboxylic acids is 2. The van der Waals surface area contributed by atoms with Crippen LogP contribution in [0.2, 0.25) is 0 Å². The Morgan fingerprint density at radius 2 is 1.93 bits per heavy atom. The van der Waals surface area contributed by atoms with Crippen LogP contribution in [-0.4, -0.2) is 24.6 Å². The highest BCUT2D eigenvalue weighted by Crippen LogP contribution is 2.28. The van der Waals surface area contributed by atoms with Gasteiger partial charge in [-0.2, -0.15) is 5.10 Å². The summed E-state index contributed by atoms with van der Waals surface area (Å²) < 4.78 is 7.52. The number of hydrogen-bond acceptors (Lipinski definition) is 4. The summed E-state index contributed by atoms with van der Waals surface area (Å²) in [7, 11) is 0. The lowest BCUT2D eigenvalue weighted by Gasteiger charge is -2.09. The van der Waals surface area contributed by atoms with Gasteiger partial charge in [0.15, 0.2) is 0 Å². The van der Waals surface area contributed by atoms with Crippen molar-refractivity contribution in [1.29, 1.82) is 0 Å². The molecule has 0 saturated heterocycles. The van der Waals surface area contributed by atoms with Crippen molar-refractivity contribution in [2.75, 3.05) is 11.9 Å². The van der Waals surface area contributed by atoms with E-state index in [0.717, 1.165) is 18.5 Å². The Bertz CT molecular complexity index is 875. The van der Waals surface area contributed by atoms with E-state index in [2.05, 4.69) is 67.6 Å². The maximum Gasteiger partial charge on any atom is 0.271 e. The summed E-state index contributed by atoms with van der Waals surface area (Å²) in [6.45, 7) is 5.49. The van der Waals surface area contributed by atoms with Gasteiger partial charge in [0.25, 0.3) is 5.91 Å². The largest absolute Gasteiger partial charge is 0.487 e. The van der Waals surface area contributed by atoms with E-state index in [1.54, 1.807) is 36.6 Å². The molecule has 0 unspecified atom stereocenters. The fourth-order valence-electron chi connectivity index (χ4n) is 2.11. The highest BCUT2D eigenvalue weighted by molar-refractivity contribution is 14.1. The van der Waals surface area contributed by atoms with E-state index in [9.17, 15) is 9.59 Å². The maximum atomic E-state index is 12.2. The minimum Gasteiger partial charge on any atom is -0.487 e. The number of anilines is 1. The molecule has 2 rings (SSSR count). The number of benzene rings is 2. The average molecular weight is 589 g/mol. The number of nitrogens with zero attached hydrogens (tertiary/aromatic N) is 1. The third-order valence-corrected chi connectivity index (χ3v) is 4.79. The Morgan fingerprint density at radius 3 is 2.56 bits per heavy atom. The number of hydrazone groups is 1. The predicted molar refractivity (Wildman–Crippen MR) is 123 cm³/mol. The molecule has 0 aliphatic rings. The molecule has 0 heterocycles. The van der Waals surface area contributed by atoms with Gasteiger partial charge in [0.05, 0.1) is 13.4 Å². The first-order chi connectivity index (χ1) is 12.9. The molecule has 0 spiro atoms. The van der Waals surface area contributed by atoms with Crippen LogP contribution in [0.3, 0.4) is 0 Å². The number of halogens is 2. The summed E-state index contributed by atoms with van der Waals surface area (Å²) in [5.74, 6) is 0.233. The molecule has 0 aliphatic heterocycles. The summed E-state index contributed by atoms with van der Waals surface area (Å²) in [6, 6.07) is 10.5. The molecule has 8 heteroatoms. The van der Waals surface area contributed by atoms with Crippen LogP contribution in [0.15, 0.2) is 54.2 Å². The molecule has 2 N–H and O–H groups in total. The summed E-state index contributed by atoms with van der Waals surface area (Å²) in [5.41, 5.74) is 4.27. The zero-order valence-corrected chi connectivity index (χ0v) is 18.8. The Kier molecular flexibility index (Phi) is 8.23. The van der Waals surface area contributed by atoms with E-state index in [1.807, 2.05) is 12.1 Å². The van der Waals surface area contributed by atoms with Crippen molar-refractivity contribution in [1.82, 2.24) is 5.43 Å². The van der Waals surface area contributed by atoms with E-state index in [1.165, 1.54) is 6.92 Å². The minimum absolute atomic E-state index is 0.199. The quantitative estimate of drug-likeness (QED) is 0.220. The van der Waals surface area contributed by atoms with Crippen LogP contribution in [0, 0.1) is 7.14 Å². The van der Waals surface area contributed by atoms with E-state index in [-0.39, 0.29) is 11.8 Å². The smallest absolute Gasteiger partial charge is 0.271 e. The molecular weight excluding hydrogens is 572 g/mol. The van der Waals surface area contributed by atoms with Gasteiger partial charge < -0.3 is 10.1 Å². The van der Waals surface area contributed by atoms with Crippen LogP contribution in [0.5, 0.6) is 5.75 Å². The fraction of sp³-hybridized carbons (Fsp3) is 0.105. The standard InChI is InChI=1S/C19H17I2N3O3/c1-3-7-27-18-16(20)8-13(9-17(18)21)11-22-24-19(26)14-5-4-6-15(10-14)23-12(2)25/h3-6,8-11H,1,7H2,2H3,(H,23,25)(H,24,26)/b22-11-. The molecule has 2 aromatic rings. The molecule has 2 aromatic carbocycles.